The lowest BCUT2D eigenvalue weighted by Gasteiger charge is -2.17. The predicted octanol–water partition coefficient (Wildman–Crippen LogP) is 0.336. The summed E-state index contributed by atoms with van der Waals surface area (Å²) in [5.41, 5.74) is 5.20. The van der Waals surface area contributed by atoms with Crippen LogP contribution in [0.5, 0.6) is 0 Å². The molecule has 0 saturated heterocycles. The van der Waals surface area contributed by atoms with Gasteiger partial charge in [-0.15, -0.1) is 0 Å². The minimum atomic E-state index is -0.641. The van der Waals surface area contributed by atoms with Crippen molar-refractivity contribution in [2.24, 2.45) is 5.73 Å². The van der Waals surface area contributed by atoms with E-state index < -0.39 is 12.0 Å². The molecule has 0 aliphatic rings. The summed E-state index contributed by atoms with van der Waals surface area (Å²) < 4.78 is 4.81. The Balaban J connectivity index is 5.00. The van der Waals surface area contributed by atoms with Gasteiger partial charge in [-0.25, -0.2) is 4.79 Å². The van der Waals surface area contributed by atoms with Gasteiger partial charge in [0, 0.05) is 25.3 Å². The zero-order chi connectivity index (χ0) is 14.8. The number of rotatable bonds is 6. The molecule has 0 aromatic rings. The lowest BCUT2D eigenvalue weighted by Crippen LogP contribution is -2.35. The fourth-order valence-electron chi connectivity index (χ4n) is 1.19. The molecule has 2 amide bonds. The zero-order valence-electron chi connectivity index (χ0n) is 11.5. The summed E-state index contributed by atoms with van der Waals surface area (Å²) in [4.78, 5) is 24.4. The molecule has 0 spiro atoms. The number of nitrogens with two attached hydrogens (primary N) is 1. The standard InChI is InChI=1S/C12H20N4O3/c1-4-19-12(18)16(6-5-13)8-10(7-14)11(17)15-9(2)3/h8-9H,4-6,13H2,1-3H3,(H,15,17)/b10-8-. The van der Waals surface area contributed by atoms with E-state index in [1.54, 1.807) is 26.8 Å². The zero-order valence-corrected chi connectivity index (χ0v) is 11.5. The van der Waals surface area contributed by atoms with Crippen LogP contribution in [-0.2, 0) is 9.53 Å². The summed E-state index contributed by atoms with van der Waals surface area (Å²) >= 11 is 0. The summed E-state index contributed by atoms with van der Waals surface area (Å²) in [5, 5.41) is 11.5. The van der Waals surface area contributed by atoms with Crippen LogP contribution in [0.25, 0.3) is 0 Å². The molecule has 7 nitrogen and oxygen atoms in total. The molecule has 0 aromatic carbocycles. The van der Waals surface area contributed by atoms with Crippen LogP contribution in [0.15, 0.2) is 11.8 Å². The Bertz CT molecular complexity index is 385. The third-order valence-electron chi connectivity index (χ3n) is 1.94. The quantitative estimate of drug-likeness (QED) is 0.533. The van der Waals surface area contributed by atoms with Crippen molar-refractivity contribution < 1.29 is 14.3 Å². The maximum absolute atomic E-state index is 11.7. The Hall–Kier alpha value is -2.07. The Kier molecular flexibility index (Phi) is 7.97. The van der Waals surface area contributed by atoms with E-state index in [4.69, 9.17) is 15.7 Å². The average molecular weight is 268 g/mol. The Morgan fingerprint density at radius 3 is 2.58 bits per heavy atom. The summed E-state index contributed by atoms with van der Waals surface area (Å²) in [6.45, 7) is 5.78. The monoisotopic (exact) mass is 268 g/mol. The molecule has 0 atom stereocenters. The van der Waals surface area contributed by atoms with E-state index in [1.165, 1.54) is 0 Å². The van der Waals surface area contributed by atoms with E-state index in [1.807, 2.05) is 0 Å². The van der Waals surface area contributed by atoms with Crippen molar-refractivity contribution in [1.29, 1.82) is 5.26 Å². The van der Waals surface area contributed by atoms with Crippen molar-refractivity contribution in [2.75, 3.05) is 19.7 Å². The molecule has 0 heterocycles. The fourth-order valence-corrected chi connectivity index (χ4v) is 1.19. The van der Waals surface area contributed by atoms with Gasteiger partial charge in [0.25, 0.3) is 5.91 Å². The van der Waals surface area contributed by atoms with Gasteiger partial charge >= 0.3 is 6.09 Å². The highest BCUT2D eigenvalue weighted by molar-refractivity contribution is 5.97. The Labute approximate surface area is 113 Å². The van der Waals surface area contributed by atoms with Crippen LogP contribution in [0.3, 0.4) is 0 Å². The summed E-state index contributed by atoms with van der Waals surface area (Å²) in [7, 11) is 0. The predicted molar refractivity (Wildman–Crippen MR) is 69.8 cm³/mol. The largest absolute Gasteiger partial charge is 0.449 e. The van der Waals surface area contributed by atoms with Gasteiger partial charge in [0.15, 0.2) is 0 Å². The second-order valence-electron chi connectivity index (χ2n) is 3.96. The van der Waals surface area contributed by atoms with Gasteiger partial charge in [-0.05, 0) is 20.8 Å². The number of nitriles is 1. The number of carbonyl (C=O) groups excluding carboxylic acids is 2. The minimum absolute atomic E-state index is 0.102. The van der Waals surface area contributed by atoms with Crippen LogP contribution >= 0.6 is 0 Å². The molecule has 0 radical (unpaired) electrons. The van der Waals surface area contributed by atoms with Crippen molar-refractivity contribution in [1.82, 2.24) is 10.2 Å². The molecule has 0 unspecified atom stereocenters. The first-order chi connectivity index (χ1) is 8.96. The lowest BCUT2D eigenvalue weighted by molar-refractivity contribution is -0.117. The van der Waals surface area contributed by atoms with Crippen molar-refractivity contribution in [3.63, 3.8) is 0 Å². The number of nitrogens with zero attached hydrogens (tertiary/aromatic N) is 2. The second-order valence-corrected chi connectivity index (χ2v) is 3.96. The van der Waals surface area contributed by atoms with E-state index in [0.29, 0.717) is 0 Å². The molecule has 7 heteroatoms. The van der Waals surface area contributed by atoms with Crippen LogP contribution < -0.4 is 11.1 Å². The molecule has 0 aliphatic heterocycles. The van der Waals surface area contributed by atoms with Crippen molar-refractivity contribution in [2.45, 2.75) is 26.8 Å². The van der Waals surface area contributed by atoms with Gasteiger partial charge in [0.1, 0.15) is 11.6 Å². The van der Waals surface area contributed by atoms with Crippen LogP contribution in [0.2, 0.25) is 0 Å². The first kappa shape index (κ1) is 16.9. The maximum Gasteiger partial charge on any atom is 0.413 e. The topological polar surface area (TPSA) is 108 Å². The Morgan fingerprint density at radius 1 is 1.53 bits per heavy atom. The first-order valence-corrected chi connectivity index (χ1v) is 6.02. The molecule has 0 aromatic heterocycles. The van der Waals surface area contributed by atoms with Crippen molar-refractivity contribution >= 4 is 12.0 Å². The van der Waals surface area contributed by atoms with Gasteiger partial charge in [-0.1, -0.05) is 0 Å². The second kappa shape index (κ2) is 8.94. The summed E-state index contributed by atoms with van der Waals surface area (Å²) in [5.74, 6) is -0.538. The van der Waals surface area contributed by atoms with Gasteiger partial charge < -0.3 is 15.8 Å². The summed E-state index contributed by atoms with van der Waals surface area (Å²) in [6.07, 6.45) is 0.515. The number of hydrogen-bond donors (Lipinski definition) is 2. The van der Waals surface area contributed by atoms with Crippen LogP contribution in [-0.4, -0.2) is 42.6 Å². The SMILES string of the molecule is CCOC(=O)N(/C=C(/C#N)C(=O)NC(C)C)CCN. The number of ether oxygens (including phenoxy) is 1. The fraction of sp³-hybridized carbons (Fsp3) is 0.583. The molecular weight excluding hydrogens is 248 g/mol. The van der Waals surface area contributed by atoms with E-state index in [0.717, 1.165) is 11.1 Å². The van der Waals surface area contributed by atoms with E-state index in [2.05, 4.69) is 5.32 Å². The van der Waals surface area contributed by atoms with Crippen LogP contribution in [0, 0.1) is 11.3 Å². The van der Waals surface area contributed by atoms with Crippen LogP contribution in [0.1, 0.15) is 20.8 Å². The normalized spacial score (nSPS) is 10.8. The minimum Gasteiger partial charge on any atom is -0.449 e. The number of carbonyl (C=O) groups is 2. The molecular formula is C12H20N4O3. The maximum atomic E-state index is 11.7. The molecule has 19 heavy (non-hydrogen) atoms. The highest BCUT2D eigenvalue weighted by atomic mass is 16.6. The summed E-state index contributed by atoms with van der Waals surface area (Å²) in [6, 6.07) is 1.65. The van der Waals surface area contributed by atoms with Crippen molar-refractivity contribution in [3.8, 4) is 6.07 Å². The van der Waals surface area contributed by atoms with Crippen molar-refractivity contribution in [3.05, 3.63) is 11.8 Å². The number of hydrogen-bond acceptors (Lipinski definition) is 5. The lowest BCUT2D eigenvalue weighted by atomic mass is 10.2. The van der Waals surface area contributed by atoms with Gasteiger partial charge in [-0.2, -0.15) is 5.26 Å². The van der Waals surface area contributed by atoms with E-state index in [9.17, 15) is 9.59 Å². The molecule has 106 valence electrons. The highest BCUT2D eigenvalue weighted by Gasteiger charge is 2.16. The van der Waals surface area contributed by atoms with E-state index in [-0.39, 0.29) is 31.3 Å². The first-order valence-electron chi connectivity index (χ1n) is 6.02. The molecule has 0 bridgehead atoms. The molecule has 3 N–H and O–H groups in total. The Morgan fingerprint density at radius 2 is 2.16 bits per heavy atom. The third-order valence-corrected chi connectivity index (χ3v) is 1.94. The highest BCUT2D eigenvalue weighted by Crippen LogP contribution is 2.01. The average Bonchev–Trinajstić information content (AvgIpc) is 2.33. The van der Waals surface area contributed by atoms with Crippen LogP contribution in [0.4, 0.5) is 4.79 Å². The third kappa shape index (κ3) is 6.43. The molecule has 0 saturated carbocycles. The number of nitrogens with one attached hydrogen (secondary N) is 1. The molecule has 0 fully saturated rings. The van der Waals surface area contributed by atoms with E-state index >= 15 is 0 Å². The molecule has 0 rings (SSSR count). The van der Waals surface area contributed by atoms with Gasteiger partial charge in [-0.3, -0.25) is 9.69 Å². The van der Waals surface area contributed by atoms with Gasteiger partial charge in [0.2, 0.25) is 0 Å². The number of amides is 2. The van der Waals surface area contributed by atoms with Gasteiger partial charge in [0.05, 0.1) is 6.61 Å². The smallest absolute Gasteiger partial charge is 0.413 e. The molecule has 0 aliphatic carbocycles.